The van der Waals surface area contributed by atoms with Crippen LogP contribution in [0.3, 0.4) is 0 Å². The smallest absolute Gasteiger partial charge is 0.139 e. The number of aromatic nitrogens is 2. The van der Waals surface area contributed by atoms with Crippen LogP contribution >= 0.6 is 0 Å². The predicted molar refractivity (Wildman–Crippen MR) is 69.8 cm³/mol. The molecule has 3 rings (SSSR count). The van der Waals surface area contributed by atoms with Crippen molar-refractivity contribution in [2.75, 3.05) is 5.32 Å². The highest BCUT2D eigenvalue weighted by Crippen LogP contribution is 2.22. The molecule has 0 fully saturated rings. The molecule has 19 heavy (non-hydrogen) atoms. The number of halogens is 2. The number of hydrogen-bond acceptors (Lipinski definition) is 2. The van der Waals surface area contributed by atoms with Crippen molar-refractivity contribution in [3.05, 3.63) is 59.9 Å². The van der Waals surface area contributed by atoms with Gasteiger partial charge in [-0.15, -0.1) is 0 Å². The summed E-state index contributed by atoms with van der Waals surface area (Å²) in [6.45, 7) is 0.0861. The molecule has 0 atom stereocenters. The molecule has 0 aliphatic carbocycles. The highest BCUT2D eigenvalue weighted by atomic mass is 19.1. The minimum Gasteiger partial charge on any atom is -0.380 e. The lowest BCUT2D eigenvalue weighted by molar-refractivity contribution is 0.560. The fraction of sp³-hybridized carbons (Fsp3) is 0.0714. The first-order valence-corrected chi connectivity index (χ1v) is 5.84. The summed E-state index contributed by atoms with van der Waals surface area (Å²) in [5, 5.41) is 3.92. The Hall–Kier alpha value is -2.43. The fourth-order valence-corrected chi connectivity index (χ4v) is 2.00. The van der Waals surface area contributed by atoms with Crippen LogP contribution in [-0.4, -0.2) is 9.97 Å². The second kappa shape index (κ2) is 4.68. The Balaban J connectivity index is 1.88. The van der Waals surface area contributed by atoms with E-state index in [1.54, 1.807) is 18.5 Å². The van der Waals surface area contributed by atoms with Gasteiger partial charge in [0.2, 0.25) is 0 Å². The Kier molecular flexibility index (Phi) is 2.87. The van der Waals surface area contributed by atoms with Gasteiger partial charge in [0.05, 0.1) is 0 Å². The van der Waals surface area contributed by atoms with Gasteiger partial charge < -0.3 is 10.3 Å². The zero-order valence-corrected chi connectivity index (χ0v) is 9.95. The first-order chi connectivity index (χ1) is 9.25. The summed E-state index contributed by atoms with van der Waals surface area (Å²) in [7, 11) is 0. The summed E-state index contributed by atoms with van der Waals surface area (Å²) in [5.41, 5.74) is 1.55. The van der Waals surface area contributed by atoms with Crippen molar-refractivity contribution in [1.29, 1.82) is 0 Å². The summed E-state index contributed by atoms with van der Waals surface area (Å²) < 4.78 is 27.0. The molecule has 2 aromatic heterocycles. The molecule has 3 aromatic rings. The molecule has 96 valence electrons. The minimum absolute atomic E-state index is 0.0306. The van der Waals surface area contributed by atoms with Crippen LogP contribution in [0.15, 0.2) is 42.7 Å². The minimum atomic E-state index is -0.549. The van der Waals surface area contributed by atoms with E-state index < -0.39 is 11.6 Å². The number of benzene rings is 1. The lowest BCUT2D eigenvalue weighted by atomic mass is 10.2. The molecular formula is C14H11F2N3. The highest BCUT2D eigenvalue weighted by Gasteiger charge is 2.09. The van der Waals surface area contributed by atoms with Gasteiger partial charge in [0.25, 0.3) is 0 Å². The maximum atomic E-state index is 13.5. The van der Waals surface area contributed by atoms with E-state index in [0.29, 0.717) is 0 Å². The molecule has 0 radical (unpaired) electrons. The molecule has 0 aliphatic heterocycles. The highest BCUT2D eigenvalue weighted by molar-refractivity contribution is 5.89. The number of nitrogens with one attached hydrogen (secondary N) is 2. The van der Waals surface area contributed by atoms with E-state index in [1.807, 2.05) is 6.07 Å². The van der Waals surface area contributed by atoms with E-state index in [-0.39, 0.29) is 12.1 Å². The Morgan fingerprint density at radius 2 is 1.89 bits per heavy atom. The van der Waals surface area contributed by atoms with Gasteiger partial charge in [-0.25, -0.2) is 13.8 Å². The van der Waals surface area contributed by atoms with E-state index in [4.69, 9.17) is 0 Å². The van der Waals surface area contributed by atoms with E-state index in [9.17, 15) is 8.78 Å². The third-order valence-electron chi connectivity index (χ3n) is 2.98. The molecule has 0 unspecified atom stereocenters. The third kappa shape index (κ3) is 2.14. The predicted octanol–water partition coefficient (Wildman–Crippen LogP) is 3.45. The van der Waals surface area contributed by atoms with Crippen LogP contribution in [-0.2, 0) is 6.54 Å². The van der Waals surface area contributed by atoms with Gasteiger partial charge in [-0.05, 0) is 24.3 Å². The van der Waals surface area contributed by atoms with Gasteiger partial charge in [-0.2, -0.15) is 0 Å². The second-order valence-electron chi connectivity index (χ2n) is 4.15. The Morgan fingerprint density at radius 3 is 2.68 bits per heavy atom. The standard InChI is InChI=1S/C14H11F2N3/c15-11-2-1-3-12(16)10(11)8-19-13-5-7-18-14-9(13)4-6-17-14/h1-7H,8H2,(H2,17,18,19). The van der Waals surface area contributed by atoms with E-state index in [2.05, 4.69) is 15.3 Å². The van der Waals surface area contributed by atoms with Crippen molar-refractivity contribution in [2.45, 2.75) is 6.54 Å². The molecule has 2 heterocycles. The van der Waals surface area contributed by atoms with Crippen molar-refractivity contribution in [3.8, 4) is 0 Å². The molecule has 0 saturated heterocycles. The number of anilines is 1. The van der Waals surface area contributed by atoms with Crippen LogP contribution in [0, 0.1) is 11.6 Å². The van der Waals surface area contributed by atoms with Gasteiger partial charge >= 0.3 is 0 Å². The molecule has 1 aromatic carbocycles. The molecule has 5 heteroatoms. The van der Waals surface area contributed by atoms with Gasteiger partial charge in [0, 0.05) is 35.6 Å². The molecule has 0 bridgehead atoms. The molecule has 0 amide bonds. The zero-order chi connectivity index (χ0) is 13.2. The lowest BCUT2D eigenvalue weighted by Gasteiger charge is -2.09. The van der Waals surface area contributed by atoms with E-state index >= 15 is 0 Å². The molecule has 0 aliphatic rings. The SMILES string of the molecule is Fc1cccc(F)c1CNc1ccnc2[nH]ccc12. The van der Waals surface area contributed by atoms with Crippen molar-refractivity contribution >= 4 is 16.7 Å². The third-order valence-corrected chi connectivity index (χ3v) is 2.98. The number of hydrogen-bond donors (Lipinski definition) is 2. The normalized spacial score (nSPS) is 10.8. The number of fused-ring (bicyclic) bond motifs is 1. The van der Waals surface area contributed by atoms with Gasteiger partial charge in [0.1, 0.15) is 17.3 Å². The Bertz CT molecular complexity index is 701. The fourth-order valence-electron chi connectivity index (χ4n) is 2.00. The average molecular weight is 259 g/mol. The van der Waals surface area contributed by atoms with Crippen molar-refractivity contribution in [1.82, 2.24) is 9.97 Å². The summed E-state index contributed by atoms with van der Waals surface area (Å²) in [6.07, 6.45) is 3.41. The Morgan fingerprint density at radius 1 is 1.11 bits per heavy atom. The van der Waals surface area contributed by atoms with Gasteiger partial charge in [-0.1, -0.05) is 6.07 Å². The number of rotatable bonds is 3. The molecular weight excluding hydrogens is 248 g/mol. The average Bonchev–Trinajstić information content (AvgIpc) is 2.87. The molecule has 0 spiro atoms. The number of nitrogens with zero attached hydrogens (tertiary/aromatic N) is 1. The molecule has 2 N–H and O–H groups in total. The zero-order valence-electron chi connectivity index (χ0n) is 9.95. The van der Waals surface area contributed by atoms with Crippen molar-refractivity contribution < 1.29 is 8.78 Å². The largest absolute Gasteiger partial charge is 0.380 e. The second-order valence-corrected chi connectivity index (χ2v) is 4.15. The monoisotopic (exact) mass is 259 g/mol. The summed E-state index contributed by atoms with van der Waals surface area (Å²) in [5.74, 6) is -1.10. The van der Waals surface area contributed by atoms with Crippen LogP contribution in [0.4, 0.5) is 14.5 Å². The van der Waals surface area contributed by atoms with E-state index in [0.717, 1.165) is 16.7 Å². The summed E-state index contributed by atoms with van der Waals surface area (Å²) >= 11 is 0. The number of H-pyrrole nitrogens is 1. The maximum absolute atomic E-state index is 13.5. The van der Waals surface area contributed by atoms with E-state index in [1.165, 1.54) is 18.2 Å². The number of pyridine rings is 1. The summed E-state index contributed by atoms with van der Waals surface area (Å²) in [6, 6.07) is 7.49. The van der Waals surface area contributed by atoms with Crippen LogP contribution in [0.5, 0.6) is 0 Å². The molecule has 3 nitrogen and oxygen atoms in total. The van der Waals surface area contributed by atoms with Crippen molar-refractivity contribution in [2.24, 2.45) is 0 Å². The summed E-state index contributed by atoms with van der Waals surface area (Å²) in [4.78, 5) is 7.13. The van der Waals surface area contributed by atoms with Crippen LogP contribution in [0.25, 0.3) is 11.0 Å². The van der Waals surface area contributed by atoms with Crippen LogP contribution in [0.1, 0.15) is 5.56 Å². The van der Waals surface area contributed by atoms with Crippen molar-refractivity contribution in [3.63, 3.8) is 0 Å². The van der Waals surface area contributed by atoms with Crippen LogP contribution in [0.2, 0.25) is 0 Å². The topological polar surface area (TPSA) is 40.7 Å². The van der Waals surface area contributed by atoms with Crippen LogP contribution < -0.4 is 5.32 Å². The molecule has 0 saturated carbocycles. The first kappa shape index (κ1) is 11.6. The lowest BCUT2D eigenvalue weighted by Crippen LogP contribution is -2.04. The quantitative estimate of drug-likeness (QED) is 0.756. The first-order valence-electron chi connectivity index (χ1n) is 5.84. The Labute approximate surface area is 108 Å². The maximum Gasteiger partial charge on any atom is 0.139 e. The van der Waals surface area contributed by atoms with Gasteiger partial charge in [-0.3, -0.25) is 0 Å². The number of aromatic amines is 1. The van der Waals surface area contributed by atoms with Gasteiger partial charge in [0.15, 0.2) is 0 Å².